The Bertz CT molecular complexity index is 795. The van der Waals surface area contributed by atoms with Crippen LogP contribution in [0.25, 0.3) is 10.9 Å². The quantitative estimate of drug-likeness (QED) is 0.747. The summed E-state index contributed by atoms with van der Waals surface area (Å²) in [5.74, 6) is 2.34. The number of nitrogens with one attached hydrogen (secondary N) is 2. The van der Waals surface area contributed by atoms with Gasteiger partial charge in [0.15, 0.2) is 17.3 Å². The second kappa shape index (κ2) is 4.16. The minimum Gasteiger partial charge on any atom is -0.454 e. The molecule has 1 aliphatic heterocycles. The summed E-state index contributed by atoms with van der Waals surface area (Å²) >= 11 is 0. The fourth-order valence-corrected chi connectivity index (χ4v) is 2.34. The van der Waals surface area contributed by atoms with Crippen LogP contribution in [0.4, 0.5) is 11.5 Å². The molecule has 0 spiro atoms. The largest absolute Gasteiger partial charge is 0.454 e. The van der Waals surface area contributed by atoms with Gasteiger partial charge in [0.05, 0.1) is 5.52 Å². The number of fused-ring (bicyclic) bond motifs is 2. The van der Waals surface area contributed by atoms with Crippen LogP contribution in [-0.2, 0) is 0 Å². The first-order chi connectivity index (χ1) is 9.79. The van der Waals surface area contributed by atoms with Crippen LogP contribution in [0.3, 0.4) is 0 Å². The molecule has 2 aromatic carbocycles. The first-order valence-corrected chi connectivity index (χ1v) is 6.41. The molecule has 0 bridgehead atoms. The average Bonchev–Trinajstić information content (AvgIpc) is 3.05. The van der Waals surface area contributed by atoms with Crippen LogP contribution in [0.2, 0.25) is 0 Å². The summed E-state index contributed by atoms with van der Waals surface area (Å²) in [5.41, 5.74) is 3.15. The topological polar surface area (TPSA) is 59.2 Å². The van der Waals surface area contributed by atoms with Gasteiger partial charge in [-0.3, -0.25) is 5.10 Å². The monoisotopic (exact) mass is 267 g/mol. The third-order valence-electron chi connectivity index (χ3n) is 3.35. The normalized spacial score (nSPS) is 12.8. The van der Waals surface area contributed by atoms with Gasteiger partial charge in [0.25, 0.3) is 0 Å². The fraction of sp³-hybridized carbons (Fsp3) is 0.133. The summed E-state index contributed by atoms with van der Waals surface area (Å²) in [5, 5.41) is 11.7. The molecule has 0 unspecified atom stereocenters. The molecule has 1 aromatic heterocycles. The van der Waals surface area contributed by atoms with E-state index in [0.29, 0.717) is 0 Å². The SMILES string of the molecule is Cc1ccc2c(Nc3ccc4c(c3)OCO4)n[nH]c2c1. The van der Waals surface area contributed by atoms with E-state index in [4.69, 9.17) is 9.47 Å². The van der Waals surface area contributed by atoms with Gasteiger partial charge in [0, 0.05) is 17.1 Å². The van der Waals surface area contributed by atoms with Crippen molar-refractivity contribution in [3.63, 3.8) is 0 Å². The minimum absolute atomic E-state index is 0.281. The molecule has 100 valence electrons. The maximum absolute atomic E-state index is 5.37. The molecule has 0 fully saturated rings. The second-order valence-corrected chi connectivity index (χ2v) is 4.81. The highest BCUT2D eigenvalue weighted by Crippen LogP contribution is 2.35. The molecule has 4 rings (SSSR count). The summed E-state index contributed by atoms with van der Waals surface area (Å²) < 4.78 is 10.7. The van der Waals surface area contributed by atoms with Crippen molar-refractivity contribution in [2.45, 2.75) is 6.92 Å². The van der Waals surface area contributed by atoms with Crippen molar-refractivity contribution in [2.24, 2.45) is 0 Å². The highest BCUT2D eigenvalue weighted by molar-refractivity contribution is 5.91. The third kappa shape index (κ3) is 1.75. The van der Waals surface area contributed by atoms with E-state index in [1.54, 1.807) is 0 Å². The summed E-state index contributed by atoms with van der Waals surface area (Å²) in [4.78, 5) is 0. The Morgan fingerprint density at radius 3 is 2.95 bits per heavy atom. The molecule has 5 heteroatoms. The summed E-state index contributed by atoms with van der Waals surface area (Å²) in [6.45, 7) is 2.34. The Balaban J connectivity index is 1.70. The van der Waals surface area contributed by atoms with E-state index in [9.17, 15) is 0 Å². The lowest BCUT2D eigenvalue weighted by Crippen LogP contribution is -1.93. The predicted molar refractivity (Wildman–Crippen MR) is 76.7 cm³/mol. The Kier molecular flexibility index (Phi) is 2.32. The van der Waals surface area contributed by atoms with Crippen molar-refractivity contribution in [2.75, 3.05) is 12.1 Å². The number of aryl methyl sites for hydroxylation is 1. The Labute approximate surface area is 115 Å². The third-order valence-corrected chi connectivity index (χ3v) is 3.35. The number of hydrogen-bond acceptors (Lipinski definition) is 4. The highest BCUT2D eigenvalue weighted by atomic mass is 16.7. The number of rotatable bonds is 2. The van der Waals surface area contributed by atoms with E-state index in [0.717, 1.165) is 33.9 Å². The van der Waals surface area contributed by atoms with Crippen molar-refractivity contribution in [1.82, 2.24) is 10.2 Å². The zero-order chi connectivity index (χ0) is 13.5. The number of H-pyrrole nitrogens is 1. The van der Waals surface area contributed by atoms with Crippen LogP contribution in [0, 0.1) is 6.92 Å². The number of ether oxygens (including phenoxy) is 2. The summed E-state index contributed by atoms with van der Waals surface area (Å²) in [6.07, 6.45) is 0. The Hall–Kier alpha value is -2.69. The molecule has 0 amide bonds. The van der Waals surface area contributed by atoms with E-state index < -0.39 is 0 Å². The first-order valence-electron chi connectivity index (χ1n) is 6.41. The van der Waals surface area contributed by atoms with Gasteiger partial charge < -0.3 is 14.8 Å². The van der Waals surface area contributed by atoms with E-state index in [1.807, 2.05) is 18.2 Å². The highest BCUT2D eigenvalue weighted by Gasteiger charge is 2.14. The van der Waals surface area contributed by atoms with Crippen LogP contribution in [0.5, 0.6) is 11.5 Å². The lowest BCUT2D eigenvalue weighted by Gasteiger charge is -2.04. The zero-order valence-electron chi connectivity index (χ0n) is 10.9. The van der Waals surface area contributed by atoms with Crippen molar-refractivity contribution < 1.29 is 9.47 Å². The van der Waals surface area contributed by atoms with Crippen molar-refractivity contribution in [1.29, 1.82) is 0 Å². The minimum atomic E-state index is 0.281. The number of benzene rings is 2. The molecule has 2 heterocycles. The molecule has 0 radical (unpaired) electrons. The zero-order valence-corrected chi connectivity index (χ0v) is 10.9. The van der Waals surface area contributed by atoms with Gasteiger partial charge in [0.2, 0.25) is 6.79 Å². The maximum atomic E-state index is 5.37. The number of aromatic nitrogens is 2. The van der Waals surface area contributed by atoms with E-state index in [2.05, 4.69) is 40.6 Å². The van der Waals surface area contributed by atoms with Crippen molar-refractivity contribution >= 4 is 22.4 Å². The molecule has 5 nitrogen and oxygen atoms in total. The van der Waals surface area contributed by atoms with Crippen LogP contribution >= 0.6 is 0 Å². The molecule has 0 saturated carbocycles. The Morgan fingerprint density at radius 1 is 1.10 bits per heavy atom. The summed E-state index contributed by atoms with van der Waals surface area (Å²) in [7, 11) is 0. The maximum Gasteiger partial charge on any atom is 0.231 e. The standard InChI is InChI=1S/C15H13N3O2/c1-9-2-4-11-12(6-9)17-18-15(11)16-10-3-5-13-14(7-10)20-8-19-13/h2-7H,8H2,1H3,(H2,16,17,18). The van der Waals surface area contributed by atoms with Gasteiger partial charge in [-0.1, -0.05) is 6.07 Å². The van der Waals surface area contributed by atoms with Crippen molar-refractivity contribution in [3.05, 3.63) is 42.0 Å². The number of anilines is 2. The smallest absolute Gasteiger partial charge is 0.231 e. The molecule has 3 aromatic rings. The fourth-order valence-electron chi connectivity index (χ4n) is 2.34. The van der Waals surface area contributed by atoms with Crippen LogP contribution < -0.4 is 14.8 Å². The molecular weight excluding hydrogens is 254 g/mol. The van der Waals surface area contributed by atoms with Gasteiger partial charge >= 0.3 is 0 Å². The van der Waals surface area contributed by atoms with Crippen LogP contribution in [-0.4, -0.2) is 17.0 Å². The molecule has 0 atom stereocenters. The molecule has 1 aliphatic rings. The number of aromatic amines is 1. The molecule has 2 N–H and O–H groups in total. The molecular formula is C15H13N3O2. The predicted octanol–water partition coefficient (Wildman–Crippen LogP) is 3.34. The average molecular weight is 267 g/mol. The first kappa shape index (κ1) is 11.2. The summed E-state index contributed by atoms with van der Waals surface area (Å²) in [6, 6.07) is 12.0. The molecule has 0 saturated heterocycles. The van der Waals surface area contributed by atoms with E-state index in [1.165, 1.54) is 5.56 Å². The Morgan fingerprint density at radius 2 is 2.00 bits per heavy atom. The molecule has 20 heavy (non-hydrogen) atoms. The lowest BCUT2D eigenvalue weighted by molar-refractivity contribution is 0.174. The van der Waals surface area contributed by atoms with Gasteiger partial charge in [-0.25, -0.2) is 0 Å². The van der Waals surface area contributed by atoms with Crippen LogP contribution in [0.1, 0.15) is 5.56 Å². The molecule has 0 aliphatic carbocycles. The lowest BCUT2D eigenvalue weighted by atomic mass is 10.2. The van der Waals surface area contributed by atoms with Crippen LogP contribution in [0.15, 0.2) is 36.4 Å². The number of hydrogen-bond donors (Lipinski definition) is 2. The van der Waals surface area contributed by atoms with Gasteiger partial charge in [0.1, 0.15) is 0 Å². The van der Waals surface area contributed by atoms with Gasteiger partial charge in [-0.05, 0) is 36.8 Å². The van der Waals surface area contributed by atoms with Gasteiger partial charge in [-0.2, -0.15) is 5.10 Å². The number of nitrogens with zero attached hydrogens (tertiary/aromatic N) is 1. The second-order valence-electron chi connectivity index (χ2n) is 4.81. The van der Waals surface area contributed by atoms with E-state index in [-0.39, 0.29) is 6.79 Å². The van der Waals surface area contributed by atoms with Crippen molar-refractivity contribution in [3.8, 4) is 11.5 Å². The van der Waals surface area contributed by atoms with Gasteiger partial charge in [-0.15, -0.1) is 0 Å². The van der Waals surface area contributed by atoms with E-state index >= 15 is 0 Å².